The van der Waals surface area contributed by atoms with Crippen LogP contribution in [0.1, 0.15) is 34.1 Å². The Bertz CT molecular complexity index is 420. The van der Waals surface area contributed by atoms with Crippen molar-refractivity contribution in [1.29, 1.82) is 0 Å². The average Bonchev–Trinajstić information content (AvgIpc) is 3.07. The van der Waals surface area contributed by atoms with Crippen LogP contribution >= 0.6 is 0 Å². The standard InChI is InChI=1S/C17H26O6/c1-5-20-10(3)22-16(18)14-12-7-8-13(9-12)15(14)17(19)23-11(4)21-6-2/h7-8,10-15H,5-6,9H2,1-4H3. The van der Waals surface area contributed by atoms with Crippen LogP contribution < -0.4 is 0 Å². The summed E-state index contributed by atoms with van der Waals surface area (Å²) >= 11 is 0. The number of esters is 2. The number of ether oxygens (including phenoxy) is 4. The molecule has 2 aliphatic carbocycles. The third-order valence-corrected chi connectivity index (χ3v) is 4.37. The van der Waals surface area contributed by atoms with E-state index in [0.717, 1.165) is 6.42 Å². The van der Waals surface area contributed by atoms with Gasteiger partial charge in [0.05, 0.1) is 11.8 Å². The second-order valence-corrected chi connectivity index (χ2v) is 5.92. The van der Waals surface area contributed by atoms with E-state index in [1.54, 1.807) is 13.8 Å². The highest BCUT2D eigenvalue weighted by Gasteiger charge is 2.53. The third kappa shape index (κ3) is 4.12. The highest BCUT2D eigenvalue weighted by molar-refractivity contribution is 5.84. The van der Waals surface area contributed by atoms with Crippen LogP contribution in [-0.2, 0) is 28.5 Å². The van der Waals surface area contributed by atoms with E-state index in [2.05, 4.69) is 0 Å². The van der Waals surface area contributed by atoms with E-state index in [0.29, 0.717) is 13.2 Å². The van der Waals surface area contributed by atoms with Crippen molar-refractivity contribution < 1.29 is 28.5 Å². The van der Waals surface area contributed by atoms with Crippen molar-refractivity contribution in [3.8, 4) is 0 Å². The molecular weight excluding hydrogens is 300 g/mol. The van der Waals surface area contributed by atoms with Crippen LogP contribution in [-0.4, -0.2) is 37.7 Å². The first kappa shape index (κ1) is 17.9. The second-order valence-electron chi connectivity index (χ2n) is 5.92. The van der Waals surface area contributed by atoms with E-state index in [4.69, 9.17) is 18.9 Å². The van der Waals surface area contributed by atoms with E-state index in [9.17, 15) is 9.59 Å². The molecule has 0 heterocycles. The SMILES string of the molecule is CCOC(C)OC(=O)C1C2C=CC(C2)C1C(=O)OC(C)OCC. The zero-order valence-corrected chi connectivity index (χ0v) is 14.2. The van der Waals surface area contributed by atoms with E-state index in [1.165, 1.54) is 0 Å². The molecule has 6 heteroatoms. The van der Waals surface area contributed by atoms with E-state index >= 15 is 0 Å². The van der Waals surface area contributed by atoms with Crippen LogP contribution in [0.5, 0.6) is 0 Å². The van der Waals surface area contributed by atoms with E-state index in [-0.39, 0.29) is 11.8 Å². The molecule has 6 nitrogen and oxygen atoms in total. The smallest absolute Gasteiger partial charge is 0.312 e. The molecule has 130 valence electrons. The molecule has 0 N–H and O–H groups in total. The Hall–Kier alpha value is -1.40. The average molecular weight is 326 g/mol. The molecule has 0 aromatic carbocycles. The third-order valence-electron chi connectivity index (χ3n) is 4.37. The Balaban J connectivity index is 2.03. The van der Waals surface area contributed by atoms with Crippen LogP contribution in [0.15, 0.2) is 12.2 Å². The number of carbonyl (C=O) groups excluding carboxylic acids is 2. The minimum Gasteiger partial charge on any atom is -0.436 e. The molecule has 0 aliphatic heterocycles. The fourth-order valence-corrected chi connectivity index (χ4v) is 3.49. The van der Waals surface area contributed by atoms with Gasteiger partial charge in [-0.15, -0.1) is 0 Å². The van der Waals surface area contributed by atoms with Gasteiger partial charge in [0.1, 0.15) is 0 Å². The first-order chi connectivity index (χ1) is 11.0. The van der Waals surface area contributed by atoms with E-state index in [1.807, 2.05) is 26.0 Å². The van der Waals surface area contributed by atoms with Gasteiger partial charge in [-0.2, -0.15) is 0 Å². The van der Waals surface area contributed by atoms with Gasteiger partial charge in [-0.25, -0.2) is 0 Å². The topological polar surface area (TPSA) is 71.1 Å². The van der Waals surface area contributed by atoms with Crippen molar-refractivity contribution in [2.24, 2.45) is 23.7 Å². The first-order valence-corrected chi connectivity index (χ1v) is 8.30. The molecule has 0 aromatic rings. The van der Waals surface area contributed by atoms with Crippen molar-refractivity contribution >= 4 is 11.9 Å². The van der Waals surface area contributed by atoms with Crippen molar-refractivity contribution in [2.75, 3.05) is 13.2 Å². The molecule has 0 aromatic heterocycles. The second kappa shape index (κ2) is 7.93. The number of rotatable bonds is 8. The molecule has 1 saturated carbocycles. The van der Waals surface area contributed by atoms with Gasteiger partial charge in [0.2, 0.25) is 0 Å². The molecule has 23 heavy (non-hydrogen) atoms. The fraction of sp³-hybridized carbons (Fsp3) is 0.765. The van der Waals surface area contributed by atoms with Crippen molar-refractivity contribution in [2.45, 2.75) is 46.7 Å². The van der Waals surface area contributed by atoms with E-state index < -0.39 is 36.4 Å². The van der Waals surface area contributed by atoms with Gasteiger partial charge in [0.25, 0.3) is 0 Å². The van der Waals surface area contributed by atoms with Gasteiger partial charge in [-0.1, -0.05) is 12.2 Å². The predicted octanol–water partition coefficient (Wildman–Crippen LogP) is 2.28. The van der Waals surface area contributed by atoms with Gasteiger partial charge < -0.3 is 18.9 Å². The summed E-state index contributed by atoms with van der Waals surface area (Å²) in [5.41, 5.74) is 0. The normalized spacial score (nSPS) is 31.0. The summed E-state index contributed by atoms with van der Waals surface area (Å²) in [6.45, 7) is 7.94. The predicted molar refractivity (Wildman–Crippen MR) is 82.1 cm³/mol. The van der Waals surface area contributed by atoms with Crippen LogP contribution in [0, 0.1) is 23.7 Å². The van der Waals surface area contributed by atoms with Crippen LogP contribution in [0.3, 0.4) is 0 Å². The Morgan fingerprint density at radius 1 is 0.913 bits per heavy atom. The van der Waals surface area contributed by atoms with Crippen LogP contribution in [0.25, 0.3) is 0 Å². The minimum absolute atomic E-state index is 0.0290. The van der Waals surface area contributed by atoms with Crippen molar-refractivity contribution in [1.82, 2.24) is 0 Å². The number of fused-ring (bicyclic) bond motifs is 2. The number of allylic oxidation sites excluding steroid dienone is 2. The van der Waals surface area contributed by atoms with Gasteiger partial charge in [0, 0.05) is 13.2 Å². The summed E-state index contributed by atoms with van der Waals surface area (Å²) in [5.74, 6) is -1.74. The highest BCUT2D eigenvalue weighted by Crippen LogP contribution is 2.49. The molecule has 0 spiro atoms. The summed E-state index contributed by atoms with van der Waals surface area (Å²) < 4.78 is 21.1. The summed E-state index contributed by atoms with van der Waals surface area (Å²) in [6, 6.07) is 0. The van der Waals surface area contributed by atoms with Crippen molar-refractivity contribution in [3.05, 3.63) is 12.2 Å². The molecule has 0 radical (unpaired) electrons. The van der Waals surface area contributed by atoms with Crippen molar-refractivity contribution in [3.63, 3.8) is 0 Å². The zero-order valence-electron chi connectivity index (χ0n) is 14.2. The van der Waals surface area contributed by atoms with Gasteiger partial charge in [-0.3, -0.25) is 9.59 Å². The lowest BCUT2D eigenvalue weighted by molar-refractivity contribution is -0.191. The zero-order chi connectivity index (χ0) is 17.0. The number of hydrogen-bond acceptors (Lipinski definition) is 6. The lowest BCUT2D eigenvalue weighted by Crippen LogP contribution is -2.38. The van der Waals surface area contributed by atoms with Crippen LogP contribution in [0.2, 0.25) is 0 Å². The molecular formula is C17H26O6. The monoisotopic (exact) mass is 326 g/mol. The molecule has 2 rings (SSSR count). The minimum atomic E-state index is -0.616. The maximum Gasteiger partial charge on any atom is 0.312 e. The Kier molecular flexibility index (Phi) is 6.18. The molecule has 6 atom stereocenters. The fourth-order valence-electron chi connectivity index (χ4n) is 3.49. The maximum atomic E-state index is 12.5. The number of carbonyl (C=O) groups is 2. The molecule has 0 saturated heterocycles. The molecule has 2 bridgehead atoms. The summed E-state index contributed by atoms with van der Waals surface area (Å²) in [6.07, 6.45) is 3.55. The highest BCUT2D eigenvalue weighted by atomic mass is 16.7. The Morgan fingerprint density at radius 2 is 1.30 bits per heavy atom. The largest absolute Gasteiger partial charge is 0.436 e. The lowest BCUT2D eigenvalue weighted by Gasteiger charge is -2.27. The first-order valence-electron chi connectivity index (χ1n) is 8.30. The van der Waals surface area contributed by atoms with Gasteiger partial charge in [0.15, 0.2) is 12.6 Å². The molecule has 0 amide bonds. The van der Waals surface area contributed by atoms with Gasteiger partial charge >= 0.3 is 11.9 Å². The number of hydrogen-bond donors (Lipinski definition) is 0. The molecule has 1 fully saturated rings. The quantitative estimate of drug-likeness (QED) is 0.387. The summed E-state index contributed by atoms with van der Waals surface area (Å²) in [7, 11) is 0. The lowest BCUT2D eigenvalue weighted by atomic mass is 9.83. The maximum absolute atomic E-state index is 12.5. The molecule has 6 unspecified atom stereocenters. The Morgan fingerprint density at radius 3 is 1.65 bits per heavy atom. The van der Waals surface area contributed by atoms with Gasteiger partial charge in [-0.05, 0) is 46.0 Å². The summed E-state index contributed by atoms with van der Waals surface area (Å²) in [5, 5.41) is 0. The van der Waals surface area contributed by atoms with Crippen LogP contribution in [0.4, 0.5) is 0 Å². The molecule has 2 aliphatic rings. The summed E-state index contributed by atoms with van der Waals surface area (Å²) in [4.78, 5) is 24.9. The Labute approximate surface area is 137 Å².